The van der Waals surface area contributed by atoms with Gasteiger partial charge < -0.3 is 10.1 Å². The average Bonchev–Trinajstić information content (AvgIpc) is 2.89. The number of nitrogens with zero attached hydrogens (tertiary/aromatic N) is 1. The van der Waals surface area contributed by atoms with Crippen LogP contribution in [0.5, 0.6) is 0 Å². The highest BCUT2D eigenvalue weighted by Gasteiger charge is 2.33. The van der Waals surface area contributed by atoms with Gasteiger partial charge >= 0.3 is 0 Å². The molecule has 1 aromatic carbocycles. The standard InChI is InChI=1S/C17H24ClFN2O2/c1-11(10-23-3)17(22)20-9-13-6-7-21(2)16(13)12-4-5-14(18)15(19)8-12/h4-5,8,11,13,16H,6-7,9-10H2,1-3H3,(H,20,22)/t11-,13+,16-/m0/s1. The van der Waals surface area contributed by atoms with Crippen molar-refractivity contribution in [1.82, 2.24) is 10.2 Å². The van der Waals surface area contributed by atoms with Gasteiger partial charge in [0.1, 0.15) is 5.82 Å². The molecule has 2 rings (SSSR count). The summed E-state index contributed by atoms with van der Waals surface area (Å²) in [6.45, 7) is 3.74. The fourth-order valence-electron chi connectivity index (χ4n) is 3.19. The lowest BCUT2D eigenvalue weighted by Crippen LogP contribution is -2.36. The molecule has 1 fully saturated rings. The number of methoxy groups -OCH3 is 1. The van der Waals surface area contributed by atoms with Crippen LogP contribution in [0.15, 0.2) is 18.2 Å². The van der Waals surface area contributed by atoms with Gasteiger partial charge in [-0.15, -0.1) is 0 Å². The number of rotatable bonds is 6. The normalized spacial score (nSPS) is 23.0. The van der Waals surface area contributed by atoms with E-state index in [4.69, 9.17) is 16.3 Å². The van der Waals surface area contributed by atoms with Gasteiger partial charge in [-0.25, -0.2) is 4.39 Å². The average molecular weight is 343 g/mol. The fraction of sp³-hybridized carbons (Fsp3) is 0.588. The van der Waals surface area contributed by atoms with Crippen LogP contribution in [0, 0.1) is 17.7 Å². The zero-order valence-corrected chi connectivity index (χ0v) is 14.6. The molecule has 1 aliphatic rings. The second-order valence-electron chi connectivity index (χ2n) is 6.25. The number of hydrogen-bond donors (Lipinski definition) is 1. The fourth-order valence-corrected chi connectivity index (χ4v) is 3.31. The smallest absolute Gasteiger partial charge is 0.225 e. The highest BCUT2D eigenvalue weighted by molar-refractivity contribution is 6.30. The lowest BCUT2D eigenvalue weighted by atomic mass is 9.93. The van der Waals surface area contributed by atoms with E-state index in [9.17, 15) is 9.18 Å². The second-order valence-corrected chi connectivity index (χ2v) is 6.66. The van der Waals surface area contributed by atoms with Gasteiger partial charge in [0.2, 0.25) is 5.91 Å². The van der Waals surface area contributed by atoms with E-state index in [1.165, 1.54) is 6.07 Å². The Balaban J connectivity index is 2.03. The number of halogens is 2. The molecule has 0 saturated carbocycles. The molecule has 0 aromatic heterocycles. The van der Waals surface area contributed by atoms with Gasteiger partial charge in [-0.05, 0) is 43.6 Å². The van der Waals surface area contributed by atoms with Gasteiger partial charge in [0.25, 0.3) is 0 Å². The van der Waals surface area contributed by atoms with Crippen molar-refractivity contribution in [2.75, 3.05) is 33.9 Å². The highest BCUT2D eigenvalue weighted by atomic mass is 35.5. The molecule has 128 valence electrons. The van der Waals surface area contributed by atoms with Crippen LogP contribution in [0.4, 0.5) is 4.39 Å². The van der Waals surface area contributed by atoms with Crippen molar-refractivity contribution < 1.29 is 13.9 Å². The zero-order chi connectivity index (χ0) is 17.0. The number of benzene rings is 1. The summed E-state index contributed by atoms with van der Waals surface area (Å²) < 4.78 is 18.8. The lowest BCUT2D eigenvalue weighted by molar-refractivity contribution is -0.126. The van der Waals surface area contributed by atoms with Gasteiger partial charge in [0.15, 0.2) is 0 Å². The molecule has 1 saturated heterocycles. The van der Waals surface area contributed by atoms with Gasteiger partial charge in [0.05, 0.1) is 17.5 Å². The van der Waals surface area contributed by atoms with Crippen molar-refractivity contribution in [3.63, 3.8) is 0 Å². The van der Waals surface area contributed by atoms with Gasteiger partial charge in [0, 0.05) is 19.7 Å². The molecule has 0 radical (unpaired) electrons. The van der Waals surface area contributed by atoms with Crippen LogP contribution in [0.3, 0.4) is 0 Å². The summed E-state index contributed by atoms with van der Waals surface area (Å²) >= 11 is 5.77. The van der Waals surface area contributed by atoms with Crippen molar-refractivity contribution in [2.24, 2.45) is 11.8 Å². The van der Waals surface area contributed by atoms with Crippen molar-refractivity contribution in [3.05, 3.63) is 34.6 Å². The number of likely N-dealkylation sites (tertiary alicyclic amines) is 1. The second kappa shape index (κ2) is 8.08. The Morgan fingerprint density at radius 2 is 2.30 bits per heavy atom. The zero-order valence-electron chi connectivity index (χ0n) is 13.8. The Morgan fingerprint density at radius 3 is 2.96 bits per heavy atom. The van der Waals surface area contributed by atoms with E-state index in [1.54, 1.807) is 13.2 Å². The first-order valence-corrected chi connectivity index (χ1v) is 8.23. The third kappa shape index (κ3) is 4.43. The molecule has 1 aromatic rings. The molecular formula is C17H24ClFN2O2. The predicted molar refractivity (Wildman–Crippen MR) is 88.9 cm³/mol. The van der Waals surface area contributed by atoms with Crippen molar-refractivity contribution in [2.45, 2.75) is 19.4 Å². The molecule has 1 N–H and O–H groups in total. The van der Waals surface area contributed by atoms with Gasteiger partial charge in [-0.3, -0.25) is 9.69 Å². The summed E-state index contributed by atoms with van der Waals surface area (Å²) in [5.41, 5.74) is 0.899. The van der Waals surface area contributed by atoms with Crippen molar-refractivity contribution in [1.29, 1.82) is 0 Å². The number of amides is 1. The van der Waals surface area contributed by atoms with E-state index in [1.807, 2.05) is 20.0 Å². The quantitative estimate of drug-likeness (QED) is 0.864. The monoisotopic (exact) mass is 342 g/mol. The minimum absolute atomic E-state index is 0.0116. The molecule has 6 heteroatoms. The van der Waals surface area contributed by atoms with E-state index >= 15 is 0 Å². The topological polar surface area (TPSA) is 41.6 Å². The molecule has 0 spiro atoms. The maximum Gasteiger partial charge on any atom is 0.225 e. The third-order valence-corrected chi connectivity index (χ3v) is 4.77. The Hall–Kier alpha value is -1.17. The maximum atomic E-state index is 13.8. The molecular weight excluding hydrogens is 319 g/mol. The Morgan fingerprint density at radius 1 is 1.57 bits per heavy atom. The number of carbonyl (C=O) groups is 1. The summed E-state index contributed by atoms with van der Waals surface area (Å²) in [5, 5.41) is 3.12. The van der Waals surface area contributed by atoms with Gasteiger partial charge in [-0.1, -0.05) is 24.6 Å². The SMILES string of the molecule is COC[C@H](C)C(=O)NC[C@H]1CCN(C)[C@H]1c1ccc(Cl)c(F)c1. The lowest BCUT2D eigenvalue weighted by Gasteiger charge is -2.26. The maximum absolute atomic E-state index is 13.8. The minimum atomic E-state index is -0.402. The third-order valence-electron chi connectivity index (χ3n) is 4.46. The molecule has 0 unspecified atom stereocenters. The summed E-state index contributed by atoms with van der Waals surface area (Å²) in [6, 6.07) is 5.03. The molecule has 4 nitrogen and oxygen atoms in total. The number of hydrogen-bond acceptors (Lipinski definition) is 3. The largest absolute Gasteiger partial charge is 0.384 e. The minimum Gasteiger partial charge on any atom is -0.384 e. The van der Waals surface area contributed by atoms with Crippen LogP contribution in [0.2, 0.25) is 5.02 Å². The Kier molecular flexibility index (Phi) is 6.39. The Bertz CT molecular complexity index is 555. The highest BCUT2D eigenvalue weighted by Crippen LogP contribution is 2.36. The van der Waals surface area contributed by atoms with Crippen LogP contribution in [-0.2, 0) is 9.53 Å². The number of carbonyl (C=O) groups excluding carboxylic acids is 1. The molecule has 1 aliphatic heterocycles. The van der Waals surface area contributed by atoms with Crippen LogP contribution < -0.4 is 5.32 Å². The summed E-state index contributed by atoms with van der Waals surface area (Å²) in [6.07, 6.45) is 0.963. The van der Waals surface area contributed by atoms with Crippen LogP contribution >= 0.6 is 11.6 Å². The van der Waals surface area contributed by atoms with Crippen molar-refractivity contribution >= 4 is 17.5 Å². The summed E-state index contributed by atoms with van der Waals surface area (Å²) in [7, 11) is 3.60. The molecule has 23 heavy (non-hydrogen) atoms. The van der Waals surface area contributed by atoms with Crippen molar-refractivity contribution in [3.8, 4) is 0 Å². The van der Waals surface area contributed by atoms with E-state index < -0.39 is 5.82 Å². The van der Waals surface area contributed by atoms with E-state index in [0.29, 0.717) is 13.2 Å². The molecule has 3 atom stereocenters. The Labute approximate surface area is 141 Å². The first-order valence-electron chi connectivity index (χ1n) is 7.86. The van der Waals surface area contributed by atoms with E-state index in [0.717, 1.165) is 18.5 Å². The van der Waals surface area contributed by atoms with E-state index in [-0.39, 0.29) is 28.8 Å². The molecule has 0 aliphatic carbocycles. The summed E-state index contributed by atoms with van der Waals surface area (Å²) in [4.78, 5) is 14.2. The van der Waals surface area contributed by atoms with Crippen LogP contribution in [0.25, 0.3) is 0 Å². The molecule has 0 bridgehead atoms. The van der Waals surface area contributed by atoms with Crippen LogP contribution in [0.1, 0.15) is 24.9 Å². The summed E-state index contributed by atoms with van der Waals surface area (Å²) in [5.74, 6) is -0.340. The van der Waals surface area contributed by atoms with Crippen LogP contribution in [-0.4, -0.2) is 44.7 Å². The first kappa shape index (κ1) is 18.2. The predicted octanol–water partition coefficient (Wildman–Crippen LogP) is 2.87. The van der Waals surface area contributed by atoms with Gasteiger partial charge in [-0.2, -0.15) is 0 Å². The first-order chi connectivity index (χ1) is 10.9. The number of nitrogens with one attached hydrogen (secondary N) is 1. The molecule has 1 heterocycles. The number of ether oxygens (including phenoxy) is 1. The molecule has 1 amide bonds. The van der Waals surface area contributed by atoms with E-state index in [2.05, 4.69) is 10.2 Å².